The second-order valence-corrected chi connectivity index (χ2v) is 31.2. The van der Waals surface area contributed by atoms with Gasteiger partial charge < -0.3 is 53.3 Å². The predicted octanol–water partition coefficient (Wildman–Crippen LogP) is 20.5. The van der Waals surface area contributed by atoms with Crippen molar-refractivity contribution in [2.75, 3.05) is 44.2 Å². The van der Waals surface area contributed by atoms with Gasteiger partial charge in [0.15, 0.2) is 0 Å². The Morgan fingerprint density at radius 2 is 0.705 bits per heavy atom. The van der Waals surface area contributed by atoms with Gasteiger partial charge in [0, 0.05) is 208 Å². The molecule has 0 atom stereocenters. The molecular weight excluding hydrogens is 1610 g/mol. The van der Waals surface area contributed by atoms with E-state index in [1.54, 1.807) is 91.3 Å². The molecule has 0 saturated heterocycles. The van der Waals surface area contributed by atoms with Crippen molar-refractivity contribution in [2.24, 2.45) is 0 Å². The van der Waals surface area contributed by atoms with E-state index in [4.69, 9.17) is 39.5 Å². The van der Waals surface area contributed by atoms with E-state index >= 15 is 0 Å². The lowest BCUT2D eigenvalue weighted by atomic mass is 10.1. The highest BCUT2D eigenvalue weighted by molar-refractivity contribution is 8.00. The van der Waals surface area contributed by atoms with Gasteiger partial charge in [0.05, 0.1) is 27.4 Å². The molecule has 0 saturated carbocycles. The van der Waals surface area contributed by atoms with Gasteiger partial charge in [0.25, 0.3) is 0 Å². The van der Waals surface area contributed by atoms with Gasteiger partial charge in [-0.1, -0.05) is 77.2 Å². The molecule has 0 aliphatic rings. The maximum atomic E-state index is 14.3. The third-order valence-corrected chi connectivity index (χ3v) is 21.4. The minimum atomic E-state index is -0.310. The maximum Gasteiger partial charge on any atom is 0.227 e. The molecule has 18 aromatic rings. The molecule has 30 heteroatoms. The highest BCUT2D eigenvalue weighted by Gasteiger charge is 2.14. The third-order valence-electron chi connectivity index (χ3n) is 17.8. The molecule has 606 valence electrons. The lowest BCUT2D eigenvalue weighted by Gasteiger charge is -2.09. The van der Waals surface area contributed by atoms with E-state index in [1.807, 2.05) is 193 Å². The van der Waals surface area contributed by atoms with Gasteiger partial charge in [0.1, 0.15) is 23.3 Å². The first kappa shape index (κ1) is 83.7. The summed E-state index contributed by atoms with van der Waals surface area (Å²) in [5.41, 5.74) is 39.2. The van der Waals surface area contributed by atoms with E-state index in [1.165, 1.54) is 50.8 Å². The van der Waals surface area contributed by atoms with Crippen LogP contribution in [0.2, 0.25) is 5.02 Å². The van der Waals surface area contributed by atoms with Crippen LogP contribution in [0.15, 0.2) is 334 Å². The van der Waals surface area contributed by atoms with Crippen molar-refractivity contribution >= 4 is 139 Å². The third kappa shape index (κ3) is 24.2. The van der Waals surface area contributed by atoms with Crippen LogP contribution in [-0.4, -0.2) is 83.9 Å². The summed E-state index contributed by atoms with van der Waals surface area (Å²) in [6.07, 6.45) is 23.4. The average Bonchev–Trinajstić information content (AvgIpc) is 1.67. The van der Waals surface area contributed by atoms with Gasteiger partial charge >= 0.3 is 0 Å². The van der Waals surface area contributed by atoms with Crippen LogP contribution in [0.1, 0.15) is 51.0 Å². The minimum Gasteiger partial charge on any atom is -0.368 e. The number of nitrogens with zero attached hydrogens (tertiary/aromatic N) is 17. The molecule has 0 unspecified atom stereocenters. The highest BCUT2D eigenvalue weighted by Crippen LogP contribution is 2.37. The molecule has 18 rings (SSSR count). The topological polar surface area (TPSA) is 355 Å². The molecule has 12 heterocycles. The molecule has 0 spiro atoms. The standard InChI is InChI=1S/C25H21N5.C19H17N5.C16H14ClN5S.C16H14FN5S.C16H15N5S/c1-18-15-22(29-25(27-18)28-21-5-3-2-4-6-21)17-19-7-8-24-20(16-19)11-14-30(24)23-9-12-26-13-10-23;1-13-10-16(23-19(20)22-13)12-14-2-3-18-15(11-14)6-9-24(18)17-4-7-21-8-5-17;2*1-10-8-15(22-16(18)20-10)21-11-2-3-14(13(17)9-11)23-12-4-6-19-7-5-12;1-11-10-15(21-16(17)19-11)20-12-2-4-13(5-3-12)22-14-6-8-18-9-7-14/h2-16H,17H2,1H3,(H,27,28,29);2-11H,12H2,1H3,(H2,20,22,23);2*2-9H,1H3,(H3,18,20,21,22);2-10H,1H3,(H3,17,19,20,21). The number of aryl methyl sites for hydroxylation is 5. The van der Waals surface area contributed by atoms with E-state index in [9.17, 15) is 4.39 Å². The minimum absolute atomic E-state index is 0.179. The fourth-order valence-corrected chi connectivity index (χ4v) is 15.3. The zero-order valence-corrected chi connectivity index (χ0v) is 69.9. The first-order chi connectivity index (χ1) is 59.3. The Kier molecular flexibility index (Phi) is 27.8. The number of para-hydroxylation sites is 1. The molecule has 0 aliphatic carbocycles. The predicted molar refractivity (Wildman–Crippen MR) is 488 cm³/mol. The highest BCUT2D eigenvalue weighted by atomic mass is 35.5. The summed E-state index contributed by atoms with van der Waals surface area (Å²) >= 11 is 11.0. The van der Waals surface area contributed by atoms with Gasteiger partial charge in [-0.25, -0.2) is 39.3 Å². The number of hydrogen-bond acceptors (Lipinski definition) is 26. The fraction of sp³-hybridized carbons (Fsp3) is 0.0761. The van der Waals surface area contributed by atoms with Crippen LogP contribution in [0.5, 0.6) is 0 Å². The number of anilines is 12. The summed E-state index contributed by atoms with van der Waals surface area (Å²) in [6.45, 7) is 9.50. The molecule has 0 aliphatic heterocycles. The number of nitrogens with one attached hydrogen (secondary N) is 4. The Morgan fingerprint density at radius 1 is 0.328 bits per heavy atom. The quantitative estimate of drug-likeness (QED) is 0.0351. The Bertz CT molecular complexity index is 6310. The van der Waals surface area contributed by atoms with E-state index in [2.05, 4.69) is 173 Å². The number of aromatic nitrogens is 17. The molecule has 12 aromatic heterocycles. The Hall–Kier alpha value is -14.8. The summed E-state index contributed by atoms with van der Waals surface area (Å²) in [5, 5.41) is 15.8. The van der Waals surface area contributed by atoms with Crippen LogP contribution in [-0.2, 0) is 12.8 Å². The molecule has 0 radical (unpaired) electrons. The van der Waals surface area contributed by atoms with E-state index in [0.717, 1.165) is 106 Å². The van der Waals surface area contributed by atoms with Gasteiger partial charge in [-0.3, -0.25) is 24.9 Å². The van der Waals surface area contributed by atoms with E-state index in [0.29, 0.717) is 45.0 Å². The number of fused-ring (bicyclic) bond motifs is 2. The SMILES string of the molecule is Cc1cc(Cc2ccc3c(ccn3-c3ccncc3)c2)nc(N)n1.Cc1cc(Cc2ccc3c(ccn3-c3ccncc3)c2)nc(Nc2ccccc2)n1.Cc1cc(Nc2ccc(Sc3ccncc3)c(Cl)c2)nc(N)n1.Cc1cc(Nc2ccc(Sc3ccncc3)c(F)c2)nc(N)n1.Cc1cc(Nc2ccc(Sc3ccncc3)cc2)nc(N)n1. The Labute approximate surface area is 721 Å². The fourth-order valence-electron chi connectivity index (χ4n) is 12.6. The number of rotatable bonds is 20. The van der Waals surface area contributed by atoms with Crippen molar-refractivity contribution in [1.29, 1.82) is 0 Å². The molecule has 0 fully saturated rings. The van der Waals surface area contributed by atoms with Gasteiger partial charge in [-0.15, -0.1) is 0 Å². The first-order valence-electron chi connectivity index (χ1n) is 38.2. The smallest absolute Gasteiger partial charge is 0.227 e. The molecule has 25 nitrogen and oxygen atoms in total. The first-order valence-corrected chi connectivity index (χ1v) is 41.0. The normalized spacial score (nSPS) is 10.7. The molecule has 0 amide bonds. The van der Waals surface area contributed by atoms with Crippen molar-refractivity contribution in [2.45, 2.75) is 76.8 Å². The maximum absolute atomic E-state index is 14.3. The number of benzene rings is 6. The molecular formula is C92H81ClFN25S3. The van der Waals surface area contributed by atoms with Gasteiger partial charge in [-0.05, 0) is 228 Å². The van der Waals surface area contributed by atoms with Crippen molar-refractivity contribution in [1.82, 2.24) is 83.9 Å². The monoisotopic (exact) mass is 1690 g/mol. The second-order valence-electron chi connectivity index (χ2n) is 27.4. The van der Waals surface area contributed by atoms with Crippen LogP contribution < -0.4 is 44.2 Å². The summed E-state index contributed by atoms with van der Waals surface area (Å²) in [6, 6.07) is 75.2. The van der Waals surface area contributed by atoms with Crippen LogP contribution in [0.25, 0.3) is 33.2 Å². The van der Waals surface area contributed by atoms with Gasteiger partial charge in [0.2, 0.25) is 29.7 Å². The van der Waals surface area contributed by atoms with Crippen molar-refractivity contribution < 1.29 is 4.39 Å². The van der Waals surface area contributed by atoms with Crippen molar-refractivity contribution in [3.8, 4) is 11.4 Å². The summed E-state index contributed by atoms with van der Waals surface area (Å²) in [7, 11) is 0. The summed E-state index contributed by atoms with van der Waals surface area (Å²) in [5.74, 6) is 3.20. The number of nitrogens with two attached hydrogens (primary N) is 4. The zero-order chi connectivity index (χ0) is 84.7. The number of hydrogen-bond donors (Lipinski definition) is 8. The molecule has 12 N–H and O–H groups in total. The van der Waals surface area contributed by atoms with Crippen molar-refractivity contribution in [3.63, 3.8) is 0 Å². The summed E-state index contributed by atoms with van der Waals surface area (Å²) in [4.78, 5) is 68.2. The second kappa shape index (κ2) is 40.6. The Morgan fingerprint density at radius 3 is 1.16 bits per heavy atom. The number of halogens is 2. The van der Waals surface area contributed by atoms with Gasteiger partial charge in [-0.2, -0.15) is 15.0 Å². The molecule has 122 heavy (non-hydrogen) atoms. The molecule has 0 bridgehead atoms. The van der Waals surface area contributed by atoms with Crippen LogP contribution in [0.4, 0.5) is 74.3 Å². The van der Waals surface area contributed by atoms with Crippen LogP contribution in [0.3, 0.4) is 0 Å². The van der Waals surface area contributed by atoms with Crippen molar-refractivity contribution in [3.05, 3.63) is 367 Å². The van der Waals surface area contributed by atoms with Crippen LogP contribution in [0, 0.1) is 40.4 Å². The summed E-state index contributed by atoms with van der Waals surface area (Å²) < 4.78 is 18.6. The van der Waals surface area contributed by atoms with E-state index in [-0.39, 0.29) is 23.7 Å². The lowest BCUT2D eigenvalue weighted by Crippen LogP contribution is -2.02. The van der Waals surface area contributed by atoms with Crippen LogP contribution >= 0.6 is 46.9 Å². The Balaban J connectivity index is 0.000000125. The average molecular weight is 1690 g/mol. The van der Waals surface area contributed by atoms with E-state index < -0.39 is 0 Å². The molecule has 6 aromatic carbocycles. The zero-order valence-electron chi connectivity index (χ0n) is 66.7. The number of nitrogen functional groups attached to an aromatic ring is 4. The number of pyridine rings is 5. The largest absolute Gasteiger partial charge is 0.368 e. The lowest BCUT2D eigenvalue weighted by molar-refractivity contribution is 0.602.